The van der Waals surface area contributed by atoms with Crippen LogP contribution in [0.2, 0.25) is 0 Å². The number of nitrogens with zero attached hydrogens (tertiary/aromatic N) is 4. The standard InChI is InChI=1S/C25H25N5/c1-17-13-20(18-8-9-25(26)28-15-18)14-23(29-17)24-7-4-12-30(24)16-19-10-11-27-22-6-3-2-5-21(19)22/h2-3,5-6,8-11,13-15,24H,4,7,12,16H2,1H3,(H2,26,28)/t24-/m1/s1. The van der Waals surface area contributed by atoms with Crippen LogP contribution in [0.25, 0.3) is 22.0 Å². The molecular formula is C25H25N5. The van der Waals surface area contributed by atoms with E-state index in [-0.39, 0.29) is 0 Å². The van der Waals surface area contributed by atoms with Gasteiger partial charge in [-0.3, -0.25) is 14.9 Å². The normalized spacial score (nSPS) is 16.9. The van der Waals surface area contributed by atoms with Crippen molar-refractivity contribution in [2.45, 2.75) is 32.4 Å². The Hall–Kier alpha value is -3.31. The molecule has 5 rings (SSSR count). The second-order valence-electron chi connectivity index (χ2n) is 8.01. The van der Waals surface area contributed by atoms with Crippen LogP contribution >= 0.6 is 0 Å². The molecule has 5 nitrogen and oxygen atoms in total. The summed E-state index contributed by atoms with van der Waals surface area (Å²) in [5.74, 6) is 0.538. The van der Waals surface area contributed by atoms with Gasteiger partial charge in [-0.1, -0.05) is 18.2 Å². The highest BCUT2D eigenvalue weighted by atomic mass is 15.2. The fourth-order valence-corrected chi connectivity index (χ4v) is 4.47. The second kappa shape index (κ2) is 7.84. The van der Waals surface area contributed by atoms with Gasteiger partial charge in [0.2, 0.25) is 0 Å². The Kier molecular flexibility index (Phi) is 4.89. The molecule has 1 aliphatic heterocycles. The third kappa shape index (κ3) is 3.64. The van der Waals surface area contributed by atoms with Crippen LogP contribution in [0, 0.1) is 6.92 Å². The van der Waals surface area contributed by atoms with Gasteiger partial charge in [-0.2, -0.15) is 0 Å². The average Bonchev–Trinajstić information content (AvgIpc) is 3.22. The average molecular weight is 396 g/mol. The molecule has 150 valence electrons. The van der Waals surface area contributed by atoms with E-state index < -0.39 is 0 Å². The summed E-state index contributed by atoms with van der Waals surface area (Å²) in [5.41, 5.74) is 12.5. The third-order valence-corrected chi connectivity index (χ3v) is 5.91. The summed E-state index contributed by atoms with van der Waals surface area (Å²) in [7, 11) is 0. The quantitative estimate of drug-likeness (QED) is 0.531. The summed E-state index contributed by atoms with van der Waals surface area (Å²) in [5, 5.41) is 1.23. The zero-order chi connectivity index (χ0) is 20.5. The minimum atomic E-state index is 0.317. The van der Waals surface area contributed by atoms with Gasteiger partial charge >= 0.3 is 0 Å². The van der Waals surface area contributed by atoms with E-state index in [1.54, 1.807) is 0 Å². The number of hydrogen-bond donors (Lipinski definition) is 1. The van der Waals surface area contributed by atoms with Crippen molar-refractivity contribution in [3.05, 3.63) is 83.9 Å². The highest BCUT2D eigenvalue weighted by molar-refractivity contribution is 5.81. The molecule has 1 aromatic carbocycles. The number of likely N-dealkylation sites (tertiary alicyclic amines) is 1. The Bertz CT molecular complexity index is 1180. The van der Waals surface area contributed by atoms with Gasteiger partial charge in [0.25, 0.3) is 0 Å². The van der Waals surface area contributed by atoms with E-state index in [1.165, 1.54) is 17.4 Å². The summed E-state index contributed by atoms with van der Waals surface area (Å²) < 4.78 is 0. The van der Waals surface area contributed by atoms with Gasteiger partial charge in [0.1, 0.15) is 5.82 Å². The molecule has 4 heterocycles. The predicted octanol–water partition coefficient (Wildman–Crippen LogP) is 4.92. The lowest BCUT2D eigenvalue weighted by molar-refractivity contribution is 0.245. The van der Waals surface area contributed by atoms with Gasteiger partial charge in [-0.05, 0) is 73.8 Å². The SMILES string of the molecule is Cc1cc(-c2ccc(N)nc2)cc([C@H]2CCCN2Cc2ccnc3ccccc23)n1. The second-order valence-corrected chi connectivity index (χ2v) is 8.01. The Morgan fingerprint density at radius 1 is 1.03 bits per heavy atom. The molecular weight excluding hydrogens is 370 g/mol. The topological polar surface area (TPSA) is 67.9 Å². The van der Waals surface area contributed by atoms with E-state index >= 15 is 0 Å². The fraction of sp³-hybridized carbons (Fsp3) is 0.240. The lowest BCUT2D eigenvalue weighted by Crippen LogP contribution is -2.24. The molecule has 4 aromatic rings. The zero-order valence-corrected chi connectivity index (χ0v) is 17.1. The number of benzene rings is 1. The first-order valence-corrected chi connectivity index (χ1v) is 10.4. The summed E-state index contributed by atoms with van der Waals surface area (Å²) in [4.78, 5) is 16.2. The lowest BCUT2D eigenvalue weighted by atomic mass is 10.0. The maximum absolute atomic E-state index is 5.76. The van der Waals surface area contributed by atoms with Crippen LogP contribution in [0.1, 0.15) is 35.8 Å². The smallest absolute Gasteiger partial charge is 0.123 e. The largest absolute Gasteiger partial charge is 0.384 e. The van der Waals surface area contributed by atoms with Gasteiger partial charge in [-0.15, -0.1) is 0 Å². The van der Waals surface area contributed by atoms with Crippen LogP contribution in [0.3, 0.4) is 0 Å². The fourth-order valence-electron chi connectivity index (χ4n) is 4.47. The van der Waals surface area contributed by atoms with E-state index in [0.29, 0.717) is 11.9 Å². The molecule has 2 N–H and O–H groups in total. The molecule has 0 unspecified atom stereocenters. The predicted molar refractivity (Wildman–Crippen MR) is 121 cm³/mol. The third-order valence-electron chi connectivity index (χ3n) is 5.91. The van der Waals surface area contributed by atoms with Gasteiger partial charge in [0, 0.05) is 35.6 Å². The van der Waals surface area contributed by atoms with Crippen LogP contribution in [-0.2, 0) is 6.54 Å². The van der Waals surface area contributed by atoms with Crippen molar-refractivity contribution < 1.29 is 0 Å². The number of anilines is 1. The highest BCUT2D eigenvalue weighted by Crippen LogP contribution is 2.35. The van der Waals surface area contributed by atoms with Crippen molar-refractivity contribution in [2.24, 2.45) is 0 Å². The van der Waals surface area contributed by atoms with Crippen LogP contribution in [0.4, 0.5) is 5.82 Å². The minimum Gasteiger partial charge on any atom is -0.384 e. The monoisotopic (exact) mass is 395 g/mol. The molecule has 1 aliphatic rings. The van der Waals surface area contributed by atoms with Crippen LogP contribution in [0.15, 0.2) is 67.0 Å². The number of nitrogen functional groups attached to an aromatic ring is 1. The molecule has 0 saturated carbocycles. The van der Waals surface area contributed by atoms with Crippen molar-refractivity contribution in [1.82, 2.24) is 19.9 Å². The molecule has 0 aliphatic carbocycles. The van der Waals surface area contributed by atoms with E-state index in [9.17, 15) is 0 Å². The number of aromatic nitrogens is 3. The molecule has 0 spiro atoms. The zero-order valence-electron chi connectivity index (χ0n) is 17.1. The van der Waals surface area contributed by atoms with Crippen molar-refractivity contribution in [3.63, 3.8) is 0 Å². The molecule has 0 radical (unpaired) electrons. The van der Waals surface area contributed by atoms with Crippen LogP contribution in [0.5, 0.6) is 0 Å². The number of fused-ring (bicyclic) bond motifs is 1. The van der Waals surface area contributed by atoms with Crippen LogP contribution in [-0.4, -0.2) is 26.4 Å². The maximum atomic E-state index is 5.76. The lowest BCUT2D eigenvalue weighted by Gasteiger charge is -2.25. The van der Waals surface area contributed by atoms with Crippen molar-refractivity contribution in [2.75, 3.05) is 12.3 Å². The van der Waals surface area contributed by atoms with Gasteiger partial charge < -0.3 is 5.73 Å². The Morgan fingerprint density at radius 3 is 2.80 bits per heavy atom. The molecule has 1 atom stereocenters. The number of hydrogen-bond acceptors (Lipinski definition) is 5. The highest BCUT2D eigenvalue weighted by Gasteiger charge is 2.28. The van der Waals surface area contributed by atoms with Gasteiger partial charge in [0.15, 0.2) is 0 Å². The number of pyridine rings is 3. The van der Waals surface area contributed by atoms with Gasteiger partial charge in [-0.25, -0.2) is 4.98 Å². The minimum absolute atomic E-state index is 0.317. The molecule has 5 heteroatoms. The first kappa shape index (κ1) is 18.7. The molecule has 1 fully saturated rings. The summed E-state index contributed by atoms with van der Waals surface area (Å²) in [6.45, 7) is 4.05. The van der Waals surface area contributed by atoms with Crippen LogP contribution < -0.4 is 5.73 Å². The summed E-state index contributed by atoms with van der Waals surface area (Å²) in [6.07, 6.45) is 6.06. The van der Waals surface area contributed by atoms with Crippen molar-refractivity contribution in [1.29, 1.82) is 0 Å². The van der Waals surface area contributed by atoms with Crippen molar-refractivity contribution >= 4 is 16.7 Å². The first-order valence-electron chi connectivity index (χ1n) is 10.4. The number of nitrogens with two attached hydrogens (primary N) is 1. The number of rotatable bonds is 4. The number of aryl methyl sites for hydroxylation is 1. The molecule has 0 bridgehead atoms. The summed E-state index contributed by atoms with van der Waals surface area (Å²) in [6, 6.07) is 19.0. The maximum Gasteiger partial charge on any atom is 0.123 e. The number of para-hydroxylation sites is 1. The van der Waals surface area contributed by atoms with E-state index in [2.05, 4.69) is 58.2 Å². The Morgan fingerprint density at radius 2 is 1.93 bits per heavy atom. The molecule has 30 heavy (non-hydrogen) atoms. The van der Waals surface area contributed by atoms with Gasteiger partial charge in [0.05, 0.1) is 17.3 Å². The van der Waals surface area contributed by atoms with E-state index in [4.69, 9.17) is 10.7 Å². The van der Waals surface area contributed by atoms with Crippen molar-refractivity contribution in [3.8, 4) is 11.1 Å². The Labute approximate surface area is 176 Å². The van der Waals surface area contributed by atoms with E-state index in [1.807, 2.05) is 30.6 Å². The molecule has 3 aromatic heterocycles. The summed E-state index contributed by atoms with van der Waals surface area (Å²) >= 11 is 0. The Balaban J connectivity index is 1.47. The first-order chi connectivity index (χ1) is 14.7. The molecule has 1 saturated heterocycles. The van der Waals surface area contributed by atoms with E-state index in [0.717, 1.165) is 47.5 Å². The molecule has 0 amide bonds.